The van der Waals surface area contributed by atoms with Crippen molar-refractivity contribution < 1.29 is 14.7 Å². The van der Waals surface area contributed by atoms with Gasteiger partial charge in [0.1, 0.15) is 0 Å². The van der Waals surface area contributed by atoms with E-state index in [-0.39, 0.29) is 11.6 Å². The Hall–Kier alpha value is -2.83. The molecule has 0 spiro atoms. The summed E-state index contributed by atoms with van der Waals surface area (Å²) in [7, 11) is 1.76. The molecule has 0 fully saturated rings. The van der Waals surface area contributed by atoms with Crippen LogP contribution in [0.5, 0.6) is 0 Å². The van der Waals surface area contributed by atoms with Gasteiger partial charge in [0.05, 0.1) is 5.56 Å². The molecule has 0 aliphatic heterocycles. The van der Waals surface area contributed by atoms with Gasteiger partial charge in [0, 0.05) is 25.9 Å². The molecule has 0 atom stereocenters. The summed E-state index contributed by atoms with van der Waals surface area (Å²) in [5, 5.41) is 18.3. The fourth-order valence-electron chi connectivity index (χ4n) is 1.90. The smallest absolute Gasteiger partial charge is 0.335 e. The first kappa shape index (κ1) is 14.6. The molecule has 110 valence electrons. The van der Waals surface area contributed by atoms with E-state index in [1.54, 1.807) is 48.3 Å². The minimum atomic E-state index is -0.969. The van der Waals surface area contributed by atoms with Gasteiger partial charge >= 0.3 is 12.0 Å². The summed E-state index contributed by atoms with van der Waals surface area (Å²) in [6.45, 7) is 0.336. The molecule has 0 saturated heterocycles. The lowest BCUT2D eigenvalue weighted by Gasteiger charge is -2.07. The number of rotatable bonds is 5. The van der Waals surface area contributed by atoms with E-state index in [1.165, 1.54) is 0 Å². The molecule has 7 heteroatoms. The second kappa shape index (κ2) is 6.56. The summed E-state index contributed by atoms with van der Waals surface area (Å²) in [5.74, 6) is -0.510. The second-order valence-electron chi connectivity index (χ2n) is 4.47. The molecule has 1 heterocycles. The number of carbonyl (C=O) groups is 2. The van der Waals surface area contributed by atoms with Crippen molar-refractivity contribution in [3.8, 4) is 0 Å². The number of urea groups is 1. The Labute approximate surface area is 121 Å². The van der Waals surface area contributed by atoms with Gasteiger partial charge in [-0.1, -0.05) is 18.2 Å². The zero-order chi connectivity index (χ0) is 15.2. The van der Waals surface area contributed by atoms with E-state index in [4.69, 9.17) is 5.11 Å². The molecule has 0 radical (unpaired) electrons. The molecular weight excluding hydrogens is 272 g/mol. The predicted octanol–water partition coefficient (Wildman–Crippen LogP) is 1.48. The molecule has 0 unspecified atom stereocenters. The van der Waals surface area contributed by atoms with E-state index in [0.29, 0.717) is 24.3 Å². The Bertz CT molecular complexity index is 651. The number of carboxylic acid groups (broad SMARTS) is 1. The van der Waals surface area contributed by atoms with Crippen LogP contribution in [0.15, 0.2) is 36.5 Å². The number of aromatic nitrogens is 2. The van der Waals surface area contributed by atoms with Crippen molar-refractivity contribution in [2.75, 3.05) is 11.9 Å². The number of amides is 2. The highest BCUT2D eigenvalue weighted by molar-refractivity contribution is 5.89. The number of nitrogens with zero attached hydrogens (tertiary/aromatic N) is 2. The Balaban J connectivity index is 1.84. The van der Waals surface area contributed by atoms with Crippen LogP contribution < -0.4 is 10.6 Å². The SMILES string of the molecule is Cn1ccc(NC(=O)NCCc2ccccc2C(=O)O)n1. The number of hydrogen-bond acceptors (Lipinski definition) is 3. The Morgan fingerprint density at radius 1 is 1.29 bits per heavy atom. The second-order valence-corrected chi connectivity index (χ2v) is 4.47. The first-order valence-electron chi connectivity index (χ1n) is 6.42. The summed E-state index contributed by atoms with van der Waals surface area (Å²) in [5.41, 5.74) is 0.938. The summed E-state index contributed by atoms with van der Waals surface area (Å²) in [6.07, 6.45) is 2.16. The molecule has 2 amide bonds. The van der Waals surface area contributed by atoms with Crippen LogP contribution in [0.1, 0.15) is 15.9 Å². The van der Waals surface area contributed by atoms with Crippen molar-refractivity contribution in [3.63, 3.8) is 0 Å². The monoisotopic (exact) mass is 288 g/mol. The van der Waals surface area contributed by atoms with Crippen LogP contribution in [0.4, 0.5) is 10.6 Å². The van der Waals surface area contributed by atoms with Crippen LogP contribution in [0.3, 0.4) is 0 Å². The predicted molar refractivity (Wildman–Crippen MR) is 77.3 cm³/mol. The van der Waals surface area contributed by atoms with Gasteiger partial charge in [0.25, 0.3) is 0 Å². The number of carbonyl (C=O) groups excluding carboxylic acids is 1. The fourth-order valence-corrected chi connectivity index (χ4v) is 1.90. The third kappa shape index (κ3) is 4.07. The molecule has 0 saturated carbocycles. The lowest BCUT2D eigenvalue weighted by atomic mass is 10.0. The summed E-state index contributed by atoms with van der Waals surface area (Å²) >= 11 is 0. The highest BCUT2D eigenvalue weighted by atomic mass is 16.4. The van der Waals surface area contributed by atoms with E-state index in [9.17, 15) is 9.59 Å². The summed E-state index contributed by atoms with van der Waals surface area (Å²) in [6, 6.07) is 8.04. The van der Waals surface area contributed by atoms with E-state index in [1.807, 2.05) is 0 Å². The van der Waals surface area contributed by atoms with Gasteiger partial charge in [-0.05, 0) is 18.1 Å². The Morgan fingerprint density at radius 3 is 2.71 bits per heavy atom. The first-order chi connectivity index (χ1) is 10.1. The molecule has 7 nitrogen and oxygen atoms in total. The lowest BCUT2D eigenvalue weighted by Crippen LogP contribution is -2.30. The number of nitrogens with one attached hydrogen (secondary N) is 2. The zero-order valence-electron chi connectivity index (χ0n) is 11.5. The van der Waals surface area contributed by atoms with Crippen LogP contribution in [0.2, 0.25) is 0 Å². The van der Waals surface area contributed by atoms with E-state index < -0.39 is 5.97 Å². The van der Waals surface area contributed by atoms with Crippen LogP contribution >= 0.6 is 0 Å². The van der Waals surface area contributed by atoms with Gasteiger partial charge in [0.15, 0.2) is 5.82 Å². The zero-order valence-corrected chi connectivity index (χ0v) is 11.5. The fraction of sp³-hybridized carbons (Fsp3) is 0.214. The minimum Gasteiger partial charge on any atom is -0.478 e. The maximum atomic E-state index is 11.6. The van der Waals surface area contributed by atoms with Crippen molar-refractivity contribution in [2.45, 2.75) is 6.42 Å². The molecule has 1 aromatic carbocycles. The third-order valence-corrected chi connectivity index (χ3v) is 2.88. The quantitative estimate of drug-likeness (QED) is 0.776. The first-order valence-corrected chi connectivity index (χ1v) is 6.42. The molecular formula is C14H16N4O3. The van der Waals surface area contributed by atoms with Crippen LogP contribution in [-0.4, -0.2) is 33.4 Å². The number of aryl methyl sites for hydroxylation is 1. The van der Waals surface area contributed by atoms with Crippen molar-refractivity contribution in [2.24, 2.45) is 7.05 Å². The molecule has 0 aliphatic rings. The maximum Gasteiger partial charge on any atom is 0.335 e. The number of carboxylic acids is 1. The van der Waals surface area contributed by atoms with E-state index >= 15 is 0 Å². The summed E-state index contributed by atoms with van der Waals surface area (Å²) in [4.78, 5) is 22.7. The van der Waals surface area contributed by atoms with Gasteiger partial charge in [0.2, 0.25) is 0 Å². The lowest BCUT2D eigenvalue weighted by molar-refractivity contribution is 0.0695. The Kier molecular flexibility index (Phi) is 4.55. The standard InChI is InChI=1S/C14H16N4O3/c1-18-9-7-12(17-18)16-14(21)15-8-6-10-4-2-3-5-11(10)13(19)20/h2-5,7,9H,6,8H2,1H3,(H,19,20)(H2,15,16,17,21). The topological polar surface area (TPSA) is 96.2 Å². The van der Waals surface area contributed by atoms with Gasteiger partial charge in [-0.2, -0.15) is 5.10 Å². The van der Waals surface area contributed by atoms with Gasteiger partial charge in [-0.3, -0.25) is 10.00 Å². The van der Waals surface area contributed by atoms with E-state index in [0.717, 1.165) is 0 Å². The normalized spacial score (nSPS) is 10.1. The van der Waals surface area contributed by atoms with Crippen LogP contribution in [-0.2, 0) is 13.5 Å². The highest BCUT2D eigenvalue weighted by Gasteiger charge is 2.09. The highest BCUT2D eigenvalue weighted by Crippen LogP contribution is 2.09. The molecule has 2 aromatic rings. The van der Waals surface area contributed by atoms with Crippen molar-refractivity contribution >= 4 is 17.8 Å². The molecule has 0 bridgehead atoms. The van der Waals surface area contributed by atoms with Crippen LogP contribution in [0.25, 0.3) is 0 Å². The van der Waals surface area contributed by atoms with E-state index in [2.05, 4.69) is 15.7 Å². The molecule has 21 heavy (non-hydrogen) atoms. The van der Waals surface area contributed by atoms with Gasteiger partial charge in [-0.15, -0.1) is 0 Å². The Morgan fingerprint density at radius 2 is 2.05 bits per heavy atom. The van der Waals surface area contributed by atoms with Crippen molar-refractivity contribution in [1.82, 2.24) is 15.1 Å². The molecule has 2 rings (SSSR count). The average molecular weight is 288 g/mol. The van der Waals surface area contributed by atoms with Crippen LogP contribution in [0, 0.1) is 0 Å². The number of hydrogen-bond donors (Lipinski definition) is 3. The minimum absolute atomic E-state index is 0.254. The third-order valence-electron chi connectivity index (χ3n) is 2.88. The molecule has 1 aromatic heterocycles. The number of benzene rings is 1. The van der Waals surface area contributed by atoms with Gasteiger partial charge in [-0.25, -0.2) is 9.59 Å². The van der Waals surface area contributed by atoms with Crippen molar-refractivity contribution in [1.29, 1.82) is 0 Å². The maximum absolute atomic E-state index is 11.6. The molecule has 3 N–H and O–H groups in total. The largest absolute Gasteiger partial charge is 0.478 e. The number of anilines is 1. The van der Waals surface area contributed by atoms with Crippen molar-refractivity contribution in [3.05, 3.63) is 47.7 Å². The summed E-state index contributed by atoms with van der Waals surface area (Å²) < 4.78 is 1.58. The molecule has 0 aliphatic carbocycles. The number of aromatic carboxylic acids is 1. The van der Waals surface area contributed by atoms with Gasteiger partial charge < -0.3 is 10.4 Å². The average Bonchev–Trinajstić information content (AvgIpc) is 2.84.